The van der Waals surface area contributed by atoms with Crippen molar-refractivity contribution in [2.75, 3.05) is 7.05 Å². The first-order valence-corrected chi connectivity index (χ1v) is 4.98. The smallest absolute Gasteiger partial charge is 0.335 e. The van der Waals surface area contributed by atoms with Crippen molar-refractivity contribution in [2.45, 2.75) is 13.2 Å². The number of hydrogen-bond acceptors (Lipinski definition) is 5. The van der Waals surface area contributed by atoms with E-state index in [1.165, 1.54) is 0 Å². The second-order valence-electron chi connectivity index (χ2n) is 3.39. The van der Waals surface area contributed by atoms with Crippen LogP contribution in [0.2, 0.25) is 0 Å². The number of ether oxygens (including phenoxy) is 1. The van der Waals surface area contributed by atoms with Crippen LogP contribution in [-0.4, -0.2) is 21.8 Å². The lowest BCUT2D eigenvalue weighted by Gasteiger charge is -1.98. The van der Waals surface area contributed by atoms with Gasteiger partial charge in [-0.2, -0.15) is 4.98 Å². The lowest BCUT2D eigenvalue weighted by molar-refractivity contribution is 0.245. The van der Waals surface area contributed by atoms with E-state index in [1.54, 1.807) is 18.1 Å². The zero-order valence-electron chi connectivity index (χ0n) is 9.30. The summed E-state index contributed by atoms with van der Waals surface area (Å²) in [5.41, 5.74) is 0. The van der Waals surface area contributed by atoms with Crippen molar-refractivity contribution in [2.24, 2.45) is 7.05 Å². The van der Waals surface area contributed by atoms with Crippen LogP contribution in [0.1, 0.15) is 11.5 Å². The number of aromatic nitrogens is 3. The Morgan fingerprint density at radius 1 is 1.44 bits per heavy atom. The summed E-state index contributed by atoms with van der Waals surface area (Å²) in [7, 11) is 3.66. The van der Waals surface area contributed by atoms with Gasteiger partial charge in [0.15, 0.2) is 0 Å². The predicted molar refractivity (Wildman–Crippen MR) is 56.8 cm³/mol. The summed E-state index contributed by atoms with van der Waals surface area (Å²) in [5.74, 6) is 1.65. The lowest BCUT2D eigenvalue weighted by Crippen LogP contribution is -2.03. The second-order valence-corrected chi connectivity index (χ2v) is 3.39. The fourth-order valence-electron chi connectivity index (χ4n) is 1.29. The molecule has 0 unspecified atom stereocenters. The molecular formula is C10H14N4O2. The van der Waals surface area contributed by atoms with E-state index in [0.717, 1.165) is 11.5 Å². The van der Waals surface area contributed by atoms with Crippen LogP contribution in [0.4, 0.5) is 0 Å². The molecule has 1 N–H and O–H groups in total. The number of furan rings is 1. The Hall–Kier alpha value is -1.82. The molecule has 86 valence electrons. The maximum atomic E-state index is 5.50. The van der Waals surface area contributed by atoms with Gasteiger partial charge in [0, 0.05) is 7.05 Å². The van der Waals surface area contributed by atoms with Crippen LogP contribution in [-0.2, 0) is 20.2 Å². The zero-order chi connectivity index (χ0) is 11.4. The average molecular weight is 222 g/mol. The Bertz CT molecular complexity index is 449. The van der Waals surface area contributed by atoms with Crippen molar-refractivity contribution in [3.8, 4) is 6.01 Å². The van der Waals surface area contributed by atoms with Gasteiger partial charge in [-0.05, 0) is 19.2 Å². The largest absolute Gasteiger partial charge is 0.461 e. The van der Waals surface area contributed by atoms with Crippen LogP contribution in [0.25, 0.3) is 0 Å². The maximum absolute atomic E-state index is 5.50. The zero-order valence-corrected chi connectivity index (χ0v) is 9.30. The van der Waals surface area contributed by atoms with Crippen LogP contribution < -0.4 is 10.1 Å². The highest BCUT2D eigenvalue weighted by Crippen LogP contribution is 2.10. The van der Waals surface area contributed by atoms with E-state index in [4.69, 9.17) is 9.15 Å². The van der Waals surface area contributed by atoms with Gasteiger partial charge in [-0.25, -0.2) is 0 Å². The van der Waals surface area contributed by atoms with E-state index in [-0.39, 0.29) is 0 Å². The highest BCUT2D eigenvalue weighted by Gasteiger charge is 2.04. The number of nitrogens with one attached hydrogen (secondary N) is 1. The number of nitrogens with zero attached hydrogens (tertiary/aromatic N) is 3. The van der Waals surface area contributed by atoms with E-state index in [9.17, 15) is 0 Å². The molecule has 0 fully saturated rings. The maximum Gasteiger partial charge on any atom is 0.335 e. The van der Waals surface area contributed by atoms with Gasteiger partial charge >= 0.3 is 6.01 Å². The van der Waals surface area contributed by atoms with Gasteiger partial charge in [-0.1, -0.05) is 0 Å². The van der Waals surface area contributed by atoms with Crippen LogP contribution in [0.5, 0.6) is 6.01 Å². The summed E-state index contributed by atoms with van der Waals surface area (Å²) < 4.78 is 12.4. The topological polar surface area (TPSA) is 65.1 Å². The molecule has 0 radical (unpaired) electrons. The Labute approximate surface area is 93.2 Å². The molecule has 6 nitrogen and oxygen atoms in total. The third-order valence-electron chi connectivity index (χ3n) is 1.99. The number of aryl methyl sites for hydroxylation is 1. The van der Waals surface area contributed by atoms with Crippen molar-refractivity contribution in [1.82, 2.24) is 20.1 Å². The molecule has 2 aromatic rings. The molecule has 0 amide bonds. The molecule has 0 aromatic carbocycles. The molecule has 2 heterocycles. The highest BCUT2D eigenvalue weighted by atomic mass is 16.5. The molecule has 0 bridgehead atoms. The summed E-state index contributed by atoms with van der Waals surface area (Å²) in [4.78, 5) is 3.95. The van der Waals surface area contributed by atoms with E-state index < -0.39 is 0 Å². The number of rotatable bonds is 5. The highest BCUT2D eigenvalue weighted by molar-refractivity contribution is 5.06. The molecule has 0 aliphatic rings. The summed E-state index contributed by atoms with van der Waals surface area (Å²) in [6.07, 6.45) is 1.59. The molecule has 0 atom stereocenters. The Morgan fingerprint density at radius 2 is 2.25 bits per heavy atom. The minimum Gasteiger partial charge on any atom is -0.461 e. The van der Waals surface area contributed by atoms with E-state index in [1.807, 2.05) is 19.2 Å². The normalized spacial score (nSPS) is 10.6. The Morgan fingerprint density at radius 3 is 2.94 bits per heavy atom. The molecule has 0 aliphatic heterocycles. The summed E-state index contributed by atoms with van der Waals surface area (Å²) >= 11 is 0. The monoisotopic (exact) mass is 222 g/mol. The second kappa shape index (κ2) is 4.80. The minimum absolute atomic E-state index is 0.341. The summed E-state index contributed by atoms with van der Waals surface area (Å²) in [6.45, 7) is 1.05. The molecule has 2 rings (SSSR count). The molecule has 6 heteroatoms. The van der Waals surface area contributed by atoms with Crippen molar-refractivity contribution in [3.63, 3.8) is 0 Å². The quantitative estimate of drug-likeness (QED) is 0.807. The fraction of sp³-hybridized carbons (Fsp3) is 0.400. The molecule has 0 saturated heterocycles. The van der Waals surface area contributed by atoms with Gasteiger partial charge in [0.1, 0.15) is 24.5 Å². The van der Waals surface area contributed by atoms with Gasteiger partial charge in [-0.15, -0.1) is 5.10 Å². The SMILES string of the molecule is CNCc1ccc(COc2ncn(C)n2)o1. The van der Waals surface area contributed by atoms with E-state index in [0.29, 0.717) is 19.2 Å². The van der Waals surface area contributed by atoms with Gasteiger partial charge < -0.3 is 14.5 Å². The molecule has 0 spiro atoms. The van der Waals surface area contributed by atoms with Crippen LogP contribution in [0, 0.1) is 0 Å². The standard InChI is InChI=1S/C10H14N4O2/c1-11-5-8-3-4-9(16-8)6-15-10-12-7-14(2)13-10/h3-4,7,11H,5-6H2,1-2H3. The van der Waals surface area contributed by atoms with Crippen molar-refractivity contribution >= 4 is 0 Å². The third-order valence-corrected chi connectivity index (χ3v) is 1.99. The Balaban J connectivity index is 1.89. The fourth-order valence-corrected chi connectivity index (χ4v) is 1.29. The molecule has 0 saturated carbocycles. The molecule has 0 aliphatic carbocycles. The number of hydrogen-bond donors (Lipinski definition) is 1. The van der Waals surface area contributed by atoms with Crippen molar-refractivity contribution in [3.05, 3.63) is 30.0 Å². The summed E-state index contributed by atoms with van der Waals surface area (Å²) in [5, 5.41) is 7.01. The van der Waals surface area contributed by atoms with Gasteiger partial charge in [0.2, 0.25) is 0 Å². The third kappa shape index (κ3) is 2.60. The molecular weight excluding hydrogens is 208 g/mol. The van der Waals surface area contributed by atoms with Crippen LogP contribution >= 0.6 is 0 Å². The first-order chi connectivity index (χ1) is 7.78. The van der Waals surface area contributed by atoms with Gasteiger partial charge in [0.05, 0.1) is 6.54 Å². The first-order valence-electron chi connectivity index (χ1n) is 4.98. The van der Waals surface area contributed by atoms with Crippen LogP contribution in [0.3, 0.4) is 0 Å². The van der Waals surface area contributed by atoms with Crippen molar-refractivity contribution < 1.29 is 9.15 Å². The van der Waals surface area contributed by atoms with Gasteiger partial charge in [0.25, 0.3) is 0 Å². The predicted octanol–water partition coefficient (Wildman–Crippen LogP) is 0.707. The minimum atomic E-state index is 0.341. The summed E-state index contributed by atoms with van der Waals surface area (Å²) in [6, 6.07) is 4.16. The molecule has 2 aromatic heterocycles. The van der Waals surface area contributed by atoms with Crippen molar-refractivity contribution in [1.29, 1.82) is 0 Å². The van der Waals surface area contributed by atoms with E-state index in [2.05, 4.69) is 15.4 Å². The van der Waals surface area contributed by atoms with Gasteiger partial charge in [-0.3, -0.25) is 4.68 Å². The van der Waals surface area contributed by atoms with E-state index >= 15 is 0 Å². The van der Waals surface area contributed by atoms with Crippen LogP contribution in [0.15, 0.2) is 22.9 Å². The lowest BCUT2D eigenvalue weighted by atomic mass is 10.4. The first kappa shape index (κ1) is 10.7. The molecule has 16 heavy (non-hydrogen) atoms. The average Bonchev–Trinajstić information content (AvgIpc) is 2.85. The Kier molecular flexibility index (Phi) is 3.21.